The average molecular weight is 443 g/mol. The van der Waals surface area contributed by atoms with Crippen molar-refractivity contribution in [2.45, 2.75) is 37.4 Å². The SMILES string of the molecule is O=C(C[C@@H]1C[C@@H]1c1nc2ccccc2[nH]1)N[C@H]1CC(=O)N(c2ccc(C(F)(F)F)nc2)C1. The molecule has 0 unspecified atom stereocenters. The van der Waals surface area contributed by atoms with Crippen LogP contribution in [0.3, 0.4) is 0 Å². The first-order valence-corrected chi connectivity index (χ1v) is 10.4. The van der Waals surface area contributed by atoms with Gasteiger partial charge in [0.15, 0.2) is 0 Å². The summed E-state index contributed by atoms with van der Waals surface area (Å²) in [6.45, 7) is 0.204. The van der Waals surface area contributed by atoms with Gasteiger partial charge in [-0.1, -0.05) is 12.1 Å². The van der Waals surface area contributed by atoms with E-state index in [1.54, 1.807) is 0 Å². The quantitative estimate of drug-likeness (QED) is 0.633. The Morgan fingerprint density at radius 1 is 1.22 bits per heavy atom. The maximum absolute atomic E-state index is 12.7. The average Bonchev–Trinajstić information content (AvgIpc) is 3.20. The number of alkyl halides is 3. The van der Waals surface area contributed by atoms with Gasteiger partial charge in [0.05, 0.1) is 29.0 Å². The summed E-state index contributed by atoms with van der Waals surface area (Å²) in [5.74, 6) is 0.902. The first kappa shape index (κ1) is 20.5. The zero-order chi connectivity index (χ0) is 22.5. The smallest absolute Gasteiger partial charge is 0.351 e. The van der Waals surface area contributed by atoms with Crippen molar-refractivity contribution in [3.05, 3.63) is 54.1 Å². The lowest BCUT2D eigenvalue weighted by atomic mass is 10.2. The van der Waals surface area contributed by atoms with Gasteiger partial charge in [-0.05, 0) is 36.6 Å². The van der Waals surface area contributed by atoms with Crippen molar-refractivity contribution in [1.29, 1.82) is 0 Å². The lowest BCUT2D eigenvalue weighted by Crippen LogP contribution is -2.37. The summed E-state index contributed by atoms with van der Waals surface area (Å²) in [6, 6.07) is 9.45. The van der Waals surface area contributed by atoms with Crippen LogP contribution in [0.4, 0.5) is 18.9 Å². The highest BCUT2D eigenvalue weighted by molar-refractivity contribution is 5.96. The van der Waals surface area contributed by atoms with E-state index in [1.807, 2.05) is 24.3 Å². The van der Waals surface area contributed by atoms with Crippen molar-refractivity contribution in [3.63, 3.8) is 0 Å². The Bertz CT molecular complexity index is 1140. The molecule has 1 aliphatic carbocycles. The molecule has 5 rings (SSSR count). The predicted octanol–water partition coefficient (Wildman–Crippen LogP) is 3.39. The standard InChI is InChI=1S/C22H20F3N5O2/c23-22(24,25)18-6-5-14(10-26-18)30-11-13(9-20(30)32)27-19(31)8-12-7-15(12)21-28-16-3-1-2-4-17(16)29-21/h1-6,10,12-13,15H,7-9,11H2,(H,27,31)(H,28,29)/t12-,13-,15-/m0/s1. The van der Waals surface area contributed by atoms with Crippen LogP contribution in [-0.4, -0.2) is 39.4 Å². The van der Waals surface area contributed by atoms with Gasteiger partial charge >= 0.3 is 6.18 Å². The molecule has 3 atom stereocenters. The fraction of sp³-hybridized carbons (Fsp3) is 0.364. The number of carbonyl (C=O) groups excluding carboxylic acids is 2. The first-order valence-electron chi connectivity index (χ1n) is 10.4. The Morgan fingerprint density at radius 2 is 2.03 bits per heavy atom. The van der Waals surface area contributed by atoms with Crippen molar-refractivity contribution in [2.24, 2.45) is 5.92 Å². The summed E-state index contributed by atoms with van der Waals surface area (Å²) in [4.78, 5) is 37.5. The molecule has 1 aliphatic heterocycles. The molecule has 166 valence electrons. The molecule has 2 aromatic heterocycles. The molecule has 2 amide bonds. The van der Waals surface area contributed by atoms with Gasteiger partial charge in [-0.2, -0.15) is 13.2 Å². The third-order valence-corrected chi connectivity index (χ3v) is 5.97. The molecule has 2 fully saturated rings. The highest BCUT2D eigenvalue weighted by Crippen LogP contribution is 2.48. The second kappa shape index (κ2) is 7.61. The van der Waals surface area contributed by atoms with Crippen LogP contribution in [0.25, 0.3) is 11.0 Å². The second-order valence-corrected chi connectivity index (χ2v) is 8.32. The number of benzene rings is 1. The maximum atomic E-state index is 12.7. The zero-order valence-electron chi connectivity index (χ0n) is 16.9. The zero-order valence-corrected chi connectivity index (χ0v) is 16.9. The number of halogens is 3. The van der Waals surface area contributed by atoms with Crippen LogP contribution < -0.4 is 10.2 Å². The lowest BCUT2D eigenvalue weighted by molar-refractivity contribution is -0.141. The molecule has 0 radical (unpaired) electrons. The number of imidazole rings is 1. The molecule has 10 heteroatoms. The normalized spacial score (nSPS) is 23.0. The molecule has 3 aromatic rings. The number of hydrogen-bond acceptors (Lipinski definition) is 4. The van der Waals surface area contributed by atoms with Gasteiger partial charge < -0.3 is 15.2 Å². The minimum absolute atomic E-state index is 0.102. The molecule has 7 nitrogen and oxygen atoms in total. The van der Waals surface area contributed by atoms with Crippen molar-refractivity contribution in [2.75, 3.05) is 11.4 Å². The van der Waals surface area contributed by atoms with E-state index in [4.69, 9.17) is 0 Å². The molecular weight excluding hydrogens is 423 g/mol. The fourth-order valence-electron chi connectivity index (χ4n) is 4.25. The van der Waals surface area contributed by atoms with E-state index in [-0.39, 0.29) is 48.3 Å². The number of rotatable bonds is 5. The first-order chi connectivity index (χ1) is 15.3. The number of aromatic amines is 1. The molecule has 0 spiro atoms. The highest BCUT2D eigenvalue weighted by Gasteiger charge is 2.42. The summed E-state index contributed by atoms with van der Waals surface area (Å²) in [6.07, 6.45) is -2.18. The second-order valence-electron chi connectivity index (χ2n) is 8.32. The van der Waals surface area contributed by atoms with Gasteiger partial charge in [-0.25, -0.2) is 9.97 Å². The summed E-state index contributed by atoms with van der Waals surface area (Å²) in [5.41, 5.74) is 1.15. The van der Waals surface area contributed by atoms with Crippen molar-refractivity contribution in [1.82, 2.24) is 20.3 Å². The monoisotopic (exact) mass is 443 g/mol. The molecule has 2 aliphatic rings. The summed E-state index contributed by atoms with van der Waals surface area (Å²) >= 11 is 0. The Hall–Kier alpha value is -3.43. The third-order valence-electron chi connectivity index (χ3n) is 5.97. The van der Waals surface area contributed by atoms with E-state index in [1.165, 1.54) is 11.0 Å². The lowest BCUT2D eigenvalue weighted by Gasteiger charge is -2.17. The van der Waals surface area contributed by atoms with Gasteiger partial charge in [-0.15, -0.1) is 0 Å². The summed E-state index contributed by atoms with van der Waals surface area (Å²) in [7, 11) is 0. The van der Waals surface area contributed by atoms with Crippen LogP contribution in [0, 0.1) is 5.92 Å². The van der Waals surface area contributed by atoms with Crippen molar-refractivity contribution >= 4 is 28.5 Å². The minimum atomic E-state index is -4.53. The Morgan fingerprint density at radius 3 is 2.75 bits per heavy atom. The molecule has 0 bridgehead atoms. The Labute approximate surface area is 181 Å². The number of aromatic nitrogens is 3. The fourth-order valence-corrected chi connectivity index (χ4v) is 4.25. The van der Waals surface area contributed by atoms with Crippen LogP contribution in [0.5, 0.6) is 0 Å². The van der Waals surface area contributed by atoms with Crippen molar-refractivity contribution < 1.29 is 22.8 Å². The van der Waals surface area contributed by atoms with E-state index in [0.29, 0.717) is 6.42 Å². The third kappa shape index (κ3) is 4.04. The number of para-hydroxylation sites is 2. The molecule has 1 saturated heterocycles. The summed E-state index contributed by atoms with van der Waals surface area (Å²) < 4.78 is 38.0. The molecule has 1 aromatic carbocycles. The number of H-pyrrole nitrogens is 1. The van der Waals surface area contributed by atoms with Crippen LogP contribution in [0.1, 0.15) is 36.7 Å². The number of pyridine rings is 1. The largest absolute Gasteiger partial charge is 0.433 e. The van der Waals surface area contributed by atoms with Gasteiger partial charge in [0.2, 0.25) is 11.8 Å². The number of nitrogens with zero attached hydrogens (tertiary/aromatic N) is 3. The minimum Gasteiger partial charge on any atom is -0.351 e. The van der Waals surface area contributed by atoms with Gasteiger partial charge in [0.25, 0.3) is 0 Å². The predicted molar refractivity (Wildman–Crippen MR) is 110 cm³/mol. The van der Waals surface area contributed by atoms with E-state index < -0.39 is 11.9 Å². The summed E-state index contributed by atoms with van der Waals surface area (Å²) in [5, 5.41) is 2.88. The number of anilines is 1. The van der Waals surface area contributed by atoms with Crippen LogP contribution >= 0.6 is 0 Å². The number of nitrogens with one attached hydrogen (secondary N) is 2. The highest BCUT2D eigenvalue weighted by atomic mass is 19.4. The Balaban J connectivity index is 1.15. The molecule has 2 N–H and O–H groups in total. The van der Waals surface area contributed by atoms with Crippen LogP contribution in [0.2, 0.25) is 0 Å². The number of fused-ring (bicyclic) bond motifs is 1. The van der Waals surface area contributed by atoms with Gasteiger partial charge in [0, 0.05) is 25.3 Å². The van der Waals surface area contributed by atoms with Gasteiger partial charge in [0.1, 0.15) is 11.5 Å². The van der Waals surface area contributed by atoms with E-state index in [9.17, 15) is 22.8 Å². The molecule has 1 saturated carbocycles. The van der Waals surface area contributed by atoms with E-state index in [0.717, 1.165) is 35.5 Å². The van der Waals surface area contributed by atoms with E-state index in [2.05, 4.69) is 20.3 Å². The number of carbonyl (C=O) groups is 2. The van der Waals surface area contributed by atoms with Crippen molar-refractivity contribution in [3.8, 4) is 0 Å². The number of amides is 2. The van der Waals surface area contributed by atoms with Crippen LogP contribution in [-0.2, 0) is 15.8 Å². The topological polar surface area (TPSA) is 91.0 Å². The molecule has 3 heterocycles. The van der Waals surface area contributed by atoms with E-state index >= 15 is 0 Å². The molecule has 32 heavy (non-hydrogen) atoms. The number of hydrogen-bond donors (Lipinski definition) is 2. The van der Waals surface area contributed by atoms with Crippen LogP contribution in [0.15, 0.2) is 42.6 Å². The van der Waals surface area contributed by atoms with Gasteiger partial charge in [-0.3, -0.25) is 9.59 Å². The Kier molecular flexibility index (Phi) is 4.87. The maximum Gasteiger partial charge on any atom is 0.433 e. The molecular formula is C22H20F3N5O2.